The van der Waals surface area contributed by atoms with Crippen LogP contribution in [-0.2, 0) is 0 Å². The first-order chi connectivity index (χ1) is 29.7. The monoisotopic (exact) mass is 766 g/mol. The molecule has 0 radical (unpaired) electrons. The fourth-order valence-corrected chi connectivity index (χ4v) is 8.88. The quantitative estimate of drug-likeness (QED) is 0.169. The average Bonchev–Trinajstić information content (AvgIpc) is 3.87. The molecule has 0 aliphatic carbocycles. The number of benzene rings is 9. The van der Waals surface area contributed by atoms with Gasteiger partial charge in [0, 0.05) is 38.2 Å². The molecule has 0 aliphatic rings. The topological polar surface area (TPSA) is 56.7 Å². The molecule has 0 unspecified atom stereocenters. The fraction of sp³-hybridized carbons (Fsp3) is 0. The second kappa shape index (κ2) is 13.8. The van der Waals surface area contributed by atoms with Crippen LogP contribution in [0.15, 0.2) is 211 Å². The summed E-state index contributed by atoms with van der Waals surface area (Å²) in [5, 5.41) is 6.89. The standard InChI is InChI=1S/C55H34N4O/c1-3-14-35(15-4-1)41-22-11-18-37-19-12-23-42(51(37)41)36-28-30-39(31-29-36)54-56-53(38-16-5-2-6-17-38)57-55(58-54)59-48-26-9-7-20-44(48)47-34-40(32-33-49(47)59)43-24-13-25-46-45-21-8-10-27-50(45)60-52(43)46/h1-34H. The van der Waals surface area contributed by atoms with Gasteiger partial charge in [-0.3, -0.25) is 4.57 Å². The maximum Gasteiger partial charge on any atom is 0.238 e. The van der Waals surface area contributed by atoms with Gasteiger partial charge in [0.2, 0.25) is 5.95 Å². The Bertz CT molecular complexity index is 3580. The minimum atomic E-state index is 0.558. The number of hydrogen-bond acceptors (Lipinski definition) is 4. The van der Waals surface area contributed by atoms with Gasteiger partial charge in [-0.05, 0) is 62.9 Å². The second-order valence-corrected chi connectivity index (χ2v) is 15.2. The lowest BCUT2D eigenvalue weighted by Gasteiger charge is -2.13. The number of aromatic nitrogens is 4. The Hall–Kier alpha value is -8.15. The number of para-hydroxylation sites is 3. The third kappa shape index (κ3) is 5.52. The minimum absolute atomic E-state index is 0.558. The lowest BCUT2D eigenvalue weighted by atomic mass is 9.91. The van der Waals surface area contributed by atoms with Gasteiger partial charge in [-0.1, -0.05) is 182 Å². The lowest BCUT2D eigenvalue weighted by Crippen LogP contribution is -2.06. The van der Waals surface area contributed by atoms with Crippen LogP contribution in [0.1, 0.15) is 0 Å². The second-order valence-electron chi connectivity index (χ2n) is 15.2. The SMILES string of the molecule is c1ccc(-c2nc(-c3ccc(-c4cccc5cccc(-c6ccccc6)c45)cc3)nc(-n3c4ccccc4c4cc(-c5cccc6c5oc5ccccc56)ccc43)n2)cc1. The molecule has 12 rings (SSSR count). The van der Waals surface area contributed by atoms with Gasteiger partial charge in [0.05, 0.1) is 11.0 Å². The van der Waals surface area contributed by atoms with Gasteiger partial charge in [0.15, 0.2) is 11.6 Å². The summed E-state index contributed by atoms with van der Waals surface area (Å²) in [4.78, 5) is 15.5. The summed E-state index contributed by atoms with van der Waals surface area (Å²) in [5.74, 6) is 1.77. The van der Waals surface area contributed by atoms with Gasteiger partial charge in [-0.2, -0.15) is 9.97 Å². The molecule has 0 amide bonds. The van der Waals surface area contributed by atoms with Crippen LogP contribution < -0.4 is 0 Å². The predicted molar refractivity (Wildman–Crippen MR) is 246 cm³/mol. The summed E-state index contributed by atoms with van der Waals surface area (Å²) in [6.07, 6.45) is 0. The molecule has 0 saturated heterocycles. The molecule has 0 spiro atoms. The van der Waals surface area contributed by atoms with Crippen molar-refractivity contribution in [3.63, 3.8) is 0 Å². The Morgan fingerprint density at radius 2 is 0.883 bits per heavy atom. The van der Waals surface area contributed by atoms with Gasteiger partial charge in [-0.25, -0.2) is 4.98 Å². The summed E-state index contributed by atoms with van der Waals surface area (Å²) >= 11 is 0. The van der Waals surface area contributed by atoms with E-state index in [1.165, 1.54) is 27.5 Å². The normalized spacial score (nSPS) is 11.7. The van der Waals surface area contributed by atoms with Crippen molar-refractivity contribution in [1.82, 2.24) is 19.5 Å². The molecule has 3 heterocycles. The van der Waals surface area contributed by atoms with Crippen LogP contribution in [0.25, 0.3) is 117 Å². The van der Waals surface area contributed by atoms with Crippen LogP contribution in [0.3, 0.4) is 0 Å². The zero-order valence-electron chi connectivity index (χ0n) is 32.3. The molecule has 3 aromatic heterocycles. The zero-order chi connectivity index (χ0) is 39.6. The lowest BCUT2D eigenvalue weighted by molar-refractivity contribution is 0.670. The Labute approximate surface area is 345 Å². The summed E-state index contributed by atoms with van der Waals surface area (Å²) in [7, 11) is 0. The molecule has 5 nitrogen and oxygen atoms in total. The molecule has 0 N–H and O–H groups in total. The number of nitrogens with zero attached hydrogens (tertiary/aromatic N) is 4. The molecule has 0 saturated carbocycles. The number of furan rings is 1. The molecule has 0 aliphatic heterocycles. The summed E-state index contributed by atoms with van der Waals surface area (Å²) in [5.41, 5.74) is 12.5. The minimum Gasteiger partial charge on any atom is -0.455 e. The highest BCUT2D eigenvalue weighted by Crippen LogP contribution is 2.40. The predicted octanol–water partition coefficient (Wildman–Crippen LogP) is 14.4. The Morgan fingerprint density at radius 1 is 0.350 bits per heavy atom. The first-order valence-electron chi connectivity index (χ1n) is 20.2. The van der Waals surface area contributed by atoms with Crippen LogP contribution in [-0.4, -0.2) is 19.5 Å². The highest BCUT2D eigenvalue weighted by molar-refractivity contribution is 6.13. The smallest absolute Gasteiger partial charge is 0.238 e. The summed E-state index contributed by atoms with van der Waals surface area (Å²) in [6, 6.07) is 72.2. The maximum atomic E-state index is 6.47. The van der Waals surface area contributed by atoms with Crippen molar-refractivity contribution >= 4 is 54.5 Å². The van der Waals surface area contributed by atoms with Crippen molar-refractivity contribution in [2.45, 2.75) is 0 Å². The number of fused-ring (bicyclic) bond motifs is 7. The van der Waals surface area contributed by atoms with E-state index in [2.05, 4.69) is 168 Å². The van der Waals surface area contributed by atoms with E-state index < -0.39 is 0 Å². The highest BCUT2D eigenvalue weighted by Gasteiger charge is 2.20. The van der Waals surface area contributed by atoms with Crippen molar-refractivity contribution in [3.8, 4) is 62.1 Å². The molecule has 60 heavy (non-hydrogen) atoms. The largest absolute Gasteiger partial charge is 0.455 e. The molecular formula is C55H34N4O. The third-order valence-electron chi connectivity index (χ3n) is 11.7. The van der Waals surface area contributed by atoms with E-state index >= 15 is 0 Å². The van der Waals surface area contributed by atoms with E-state index in [1.807, 2.05) is 42.5 Å². The van der Waals surface area contributed by atoms with Gasteiger partial charge in [-0.15, -0.1) is 0 Å². The van der Waals surface area contributed by atoms with E-state index in [9.17, 15) is 0 Å². The number of rotatable bonds is 6. The van der Waals surface area contributed by atoms with Crippen LogP contribution in [0.5, 0.6) is 0 Å². The van der Waals surface area contributed by atoms with Crippen molar-refractivity contribution < 1.29 is 4.42 Å². The van der Waals surface area contributed by atoms with Gasteiger partial charge >= 0.3 is 0 Å². The molecule has 5 heteroatoms. The van der Waals surface area contributed by atoms with Gasteiger partial charge in [0.25, 0.3) is 0 Å². The molecular weight excluding hydrogens is 733 g/mol. The first-order valence-corrected chi connectivity index (χ1v) is 20.2. The van der Waals surface area contributed by atoms with Crippen LogP contribution >= 0.6 is 0 Å². The zero-order valence-corrected chi connectivity index (χ0v) is 32.3. The van der Waals surface area contributed by atoms with Crippen molar-refractivity contribution in [3.05, 3.63) is 206 Å². The van der Waals surface area contributed by atoms with Crippen LogP contribution in [0, 0.1) is 0 Å². The van der Waals surface area contributed by atoms with Crippen molar-refractivity contribution in [2.24, 2.45) is 0 Å². The molecule has 0 bridgehead atoms. The third-order valence-corrected chi connectivity index (χ3v) is 11.7. The number of hydrogen-bond donors (Lipinski definition) is 0. The van der Waals surface area contributed by atoms with E-state index in [4.69, 9.17) is 19.4 Å². The molecule has 280 valence electrons. The highest BCUT2D eigenvalue weighted by atomic mass is 16.3. The molecule has 0 atom stereocenters. The maximum absolute atomic E-state index is 6.47. The average molecular weight is 767 g/mol. The van der Waals surface area contributed by atoms with E-state index in [0.717, 1.165) is 71.6 Å². The van der Waals surface area contributed by atoms with Crippen LogP contribution in [0.2, 0.25) is 0 Å². The summed E-state index contributed by atoms with van der Waals surface area (Å²) in [6.45, 7) is 0. The van der Waals surface area contributed by atoms with E-state index in [0.29, 0.717) is 17.6 Å². The fourth-order valence-electron chi connectivity index (χ4n) is 8.88. The van der Waals surface area contributed by atoms with E-state index in [-0.39, 0.29) is 0 Å². The van der Waals surface area contributed by atoms with Gasteiger partial charge in [0.1, 0.15) is 11.2 Å². The summed E-state index contributed by atoms with van der Waals surface area (Å²) < 4.78 is 8.64. The van der Waals surface area contributed by atoms with Crippen molar-refractivity contribution in [2.75, 3.05) is 0 Å². The molecule has 0 fully saturated rings. The molecule has 12 aromatic rings. The molecule has 9 aromatic carbocycles. The Morgan fingerprint density at radius 3 is 1.63 bits per heavy atom. The first kappa shape index (κ1) is 33.9. The van der Waals surface area contributed by atoms with E-state index in [1.54, 1.807) is 0 Å². The van der Waals surface area contributed by atoms with Crippen molar-refractivity contribution in [1.29, 1.82) is 0 Å². The Balaban J connectivity index is 1.01. The Kier molecular flexibility index (Phi) is 7.78. The van der Waals surface area contributed by atoms with Gasteiger partial charge < -0.3 is 4.42 Å². The van der Waals surface area contributed by atoms with Crippen LogP contribution in [0.4, 0.5) is 0 Å².